The first kappa shape index (κ1) is 18.9. The fourth-order valence-electron chi connectivity index (χ4n) is 4.82. The number of hydrogen-bond donors (Lipinski definition) is 0. The summed E-state index contributed by atoms with van der Waals surface area (Å²) in [6.07, 6.45) is 9.99. The molecule has 0 bridgehead atoms. The molecule has 1 heteroatoms. The standard InChI is InChI=1S/C20H38B/c1-8-10-11-20(7,21-12-9-2)19-14-16(5)13-18(15(3)4)17(19)6/h9,15-19H,2,8,10-14H2,1,3-7H3/t16-,17?,18-,19+,20?/m1/s1. The molecule has 0 amide bonds. The van der Waals surface area contributed by atoms with E-state index in [1.54, 1.807) is 0 Å². The van der Waals surface area contributed by atoms with Crippen molar-refractivity contribution >= 4 is 7.28 Å². The minimum atomic E-state index is 0.394. The van der Waals surface area contributed by atoms with E-state index in [4.69, 9.17) is 0 Å². The van der Waals surface area contributed by atoms with E-state index in [0.717, 1.165) is 35.9 Å². The van der Waals surface area contributed by atoms with Gasteiger partial charge in [-0.15, -0.1) is 6.58 Å². The Hall–Kier alpha value is -0.195. The molecule has 1 saturated carbocycles. The van der Waals surface area contributed by atoms with Gasteiger partial charge in [0.1, 0.15) is 7.28 Å². The van der Waals surface area contributed by atoms with Gasteiger partial charge in [0.25, 0.3) is 0 Å². The molecule has 1 aliphatic rings. The van der Waals surface area contributed by atoms with E-state index >= 15 is 0 Å². The zero-order valence-electron chi connectivity index (χ0n) is 15.5. The summed E-state index contributed by atoms with van der Waals surface area (Å²) in [4.78, 5) is 0. The van der Waals surface area contributed by atoms with Crippen molar-refractivity contribution in [2.45, 2.75) is 85.3 Å². The van der Waals surface area contributed by atoms with Gasteiger partial charge >= 0.3 is 0 Å². The summed E-state index contributed by atoms with van der Waals surface area (Å²) >= 11 is 0. The first-order valence-corrected chi connectivity index (χ1v) is 9.31. The molecular weight excluding hydrogens is 251 g/mol. The van der Waals surface area contributed by atoms with Crippen molar-refractivity contribution in [3.05, 3.63) is 12.7 Å². The van der Waals surface area contributed by atoms with Crippen molar-refractivity contribution in [2.75, 3.05) is 0 Å². The molecule has 0 aromatic carbocycles. The molecule has 0 aromatic rings. The topological polar surface area (TPSA) is 0 Å². The summed E-state index contributed by atoms with van der Waals surface area (Å²) in [5.41, 5.74) is 0. The molecule has 0 aromatic heterocycles. The Morgan fingerprint density at radius 3 is 2.48 bits per heavy atom. The van der Waals surface area contributed by atoms with Crippen LogP contribution in [0.5, 0.6) is 0 Å². The minimum Gasteiger partial charge on any atom is -0.104 e. The predicted molar refractivity (Wildman–Crippen MR) is 98.0 cm³/mol. The number of allylic oxidation sites excluding steroid dienone is 1. The Kier molecular flexibility index (Phi) is 7.58. The van der Waals surface area contributed by atoms with E-state index < -0.39 is 0 Å². The normalized spacial score (nSPS) is 32.7. The molecule has 0 saturated heterocycles. The SMILES string of the molecule is C=CC[B]C(C)(CCCC)[C@H]1C[C@H](C)C[C@H](C(C)C)C1C. The van der Waals surface area contributed by atoms with Gasteiger partial charge in [0, 0.05) is 0 Å². The fraction of sp³-hybridized carbons (Fsp3) is 0.900. The molecule has 21 heavy (non-hydrogen) atoms. The average Bonchev–Trinajstić information content (AvgIpc) is 2.44. The molecule has 1 rings (SSSR count). The van der Waals surface area contributed by atoms with Crippen LogP contribution in [0.1, 0.15) is 73.6 Å². The lowest BCUT2D eigenvalue weighted by atomic mass is 9.40. The molecule has 121 valence electrons. The Balaban J connectivity index is 2.94. The van der Waals surface area contributed by atoms with Crippen LogP contribution in [-0.4, -0.2) is 7.28 Å². The maximum atomic E-state index is 3.94. The molecule has 1 aliphatic carbocycles. The van der Waals surface area contributed by atoms with E-state index in [-0.39, 0.29) is 0 Å². The summed E-state index contributed by atoms with van der Waals surface area (Å²) in [5.74, 6) is 4.30. The van der Waals surface area contributed by atoms with Crippen molar-refractivity contribution in [1.29, 1.82) is 0 Å². The van der Waals surface area contributed by atoms with E-state index in [0.29, 0.717) is 5.31 Å². The van der Waals surface area contributed by atoms with Crippen LogP contribution in [0, 0.1) is 29.6 Å². The van der Waals surface area contributed by atoms with E-state index in [9.17, 15) is 0 Å². The van der Waals surface area contributed by atoms with Crippen molar-refractivity contribution in [1.82, 2.24) is 0 Å². The summed E-state index contributed by atoms with van der Waals surface area (Å²) in [6.45, 7) is 18.6. The van der Waals surface area contributed by atoms with Crippen LogP contribution in [0.25, 0.3) is 0 Å². The first-order chi connectivity index (χ1) is 9.85. The quantitative estimate of drug-likeness (QED) is 0.348. The molecule has 0 aliphatic heterocycles. The van der Waals surface area contributed by atoms with Gasteiger partial charge in [0.05, 0.1) is 0 Å². The summed E-state index contributed by atoms with van der Waals surface area (Å²) < 4.78 is 0. The highest BCUT2D eigenvalue weighted by molar-refractivity contribution is 6.40. The van der Waals surface area contributed by atoms with E-state index in [2.05, 4.69) is 61.5 Å². The third-order valence-electron chi connectivity index (χ3n) is 6.16. The van der Waals surface area contributed by atoms with Crippen LogP contribution < -0.4 is 0 Å². The summed E-state index contributed by atoms with van der Waals surface area (Å²) in [7, 11) is 2.59. The molecule has 2 unspecified atom stereocenters. The number of unbranched alkanes of at least 4 members (excludes halogenated alkanes) is 1. The zero-order chi connectivity index (χ0) is 16.0. The zero-order valence-corrected chi connectivity index (χ0v) is 15.5. The molecule has 0 heterocycles. The molecule has 1 radical (unpaired) electrons. The van der Waals surface area contributed by atoms with Crippen LogP contribution in [-0.2, 0) is 0 Å². The maximum absolute atomic E-state index is 3.94. The molecule has 1 fully saturated rings. The van der Waals surface area contributed by atoms with Gasteiger partial charge in [-0.2, -0.15) is 0 Å². The van der Waals surface area contributed by atoms with E-state index in [1.807, 2.05) is 0 Å². The third-order valence-corrected chi connectivity index (χ3v) is 6.16. The van der Waals surface area contributed by atoms with Gasteiger partial charge < -0.3 is 0 Å². The lowest BCUT2D eigenvalue weighted by Gasteiger charge is -2.50. The largest absolute Gasteiger partial charge is 0.122 e. The van der Waals surface area contributed by atoms with E-state index in [1.165, 1.54) is 32.1 Å². The maximum Gasteiger partial charge on any atom is 0.122 e. The Bertz CT molecular complexity index is 309. The highest BCUT2D eigenvalue weighted by Gasteiger charge is 2.43. The summed E-state index contributed by atoms with van der Waals surface area (Å²) in [6, 6.07) is 0. The van der Waals surface area contributed by atoms with Crippen molar-refractivity contribution in [2.24, 2.45) is 29.6 Å². The Morgan fingerprint density at radius 1 is 1.29 bits per heavy atom. The Labute approximate surface area is 135 Å². The minimum absolute atomic E-state index is 0.394. The van der Waals surface area contributed by atoms with Gasteiger partial charge in [-0.1, -0.05) is 78.5 Å². The van der Waals surface area contributed by atoms with Gasteiger partial charge in [-0.3, -0.25) is 0 Å². The number of rotatable bonds is 8. The van der Waals surface area contributed by atoms with Crippen LogP contribution in [0.15, 0.2) is 12.7 Å². The van der Waals surface area contributed by atoms with Gasteiger partial charge in [-0.05, 0) is 42.4 Å². The molecular formula is C20H38B. The molecule has 0 nitrogen and oxygen atoms in total. The second-order valence-electron chi connectivity index (χ2n) is 8.29. The Morgan fingerprint density at radius 2 is 1.95 bits per heavy atom. The monoisotopic (exact) mass is 289 g/mol. The fourth-order valence-corrected chi connectivity index (χ4v) is 4.82. The van der Waals surface area contributed by atoms with Crippen LogP contribution in [0.4, 0.5) is 0 Å². The lowest BCUT2D eigenvalue weighted by Crippen LogP contribution is -2.41. The highest BCUT2D eigenvalue weighted by Crippen LogP contribution is 2.54. The average molecular weight is 289 g/mol. The van der Waals surface area contributed by atoms with Crippen molar-refractivity contribution in [3.63, 3.8) is 0 Å². The van der Waals surface area contributed by atoms with Gasteiger partial charge in [0.15, 0.2) is 0 Å². The van der Waals surface area contributed by atoms with Gasteiger partial charge in [-0.25, -0.2) is 0 Å². The van der Waals surface area contributed by atoms with Gasteiger partial charge in [0.2, 0.25) is 0 Å². The number of hydrogen-bond acceptors (Lipinski definition) is 0. The first-order valence-electron chi connectivity index (χ1n) is 9.31. The highest BCUT2D eigenvalue weighted by atomic mass is 14.5. The van der Waals surface area contributed by atoms with Crippen LogP contribution in [0.3, 0.4) is 0 Å². The van der Waals surface area contributed by atoms with Crippen molar-refractivity contribution < 1.29 is 0 Å². The second kappa shape index (κ2) is 8.44. The van der Waals surface area contributed by atoms with Crippen LogP contribution in [0.2, 0.25) is 11.6 Å². The lowest BCUT2D eigenvalue weighted by molar-refractivity contribution is 0.0617. The summed E-state index contributed by atoms with van der Waals surface area (Å²) in [5, 5.41) is 0.394. The second-order valence-corrected chi connectivity index (χ2v) is 8.29. The third kappa shape index (κ3) is 4.90. The predicted octanol–water partition coefficient (Wildman–Crippen LogP) is 6.62. The molecule has 0 N–H and O–H groups in total. The van der Waals surface area contributed by atoms with Crippen molar-refractivity contribution in [3.8, 4) is 0 Å². The van der Waals surface area contributed by atoms with Crippen LogP contribution >= 0.6 is 0 Å². The smallest absolute Gasteiger partial charge is 0.104 e. The molecule has 0 spiro atoms. The molecule has 5 atom stereocenters.